The van der Waals surface area contributed by atoms with E-state index in [1.54, 1.807) is 47.0 Å². The molecule has 6 heterocycles. The smallest absolute Gasteiger partial charge is 0.407 e. The number of nitrogens with one attached hydrogen (secondary N) is 1. The molecule has 0 radical (unpaired) electrons. The molecule has 6 rings (SSSR count). The highest BCUT2D eigenvalue weighted by Crippen LogP contribution is 2.34. The van der Waals surface area contributed by atoms with Gasteiger partial charge < -0.3 is 97.5 Å². The monoisotopic (exact) mass is 1050 g/mol. The van der Waals surface area contributed by atoms with Gasteiger partial charge in [0.05, 0.1) is 49.9 Å². The van der Waals surface area contributed by atoms with Gasteiger partial charge in [-0.25, -0.2) is 14.2 Å². The average Bonchev–Trinajstić information content (AvgIpc) is 3.97. The lowest BCUT2D eigenvalue weighted by molar-refractivity contribution is -0.344. The number of nitrogens with zero attached hydrogens (tertiary/aromatic N) is 7. The molecule has 418 valence electrons. The number of aliphatic hydroxyl groups excluding tert-OH is 6. The van der Waals surface area contributed by atoms with Crippen LogP contribution < -0.4 is 5.32 Å². The number of alkyl carbamates (subject to hydrolysis) is 1. The minimum Gasteiger partial charge on any atom is -0.444 e. The first-order valence-corrected chi connectivity index (χ1v) is 24.3. The van der Waals surface area contributed by atoms with Crippen LogP contribution in [0.5, 0.6) is 0 Å². The average molecular weight is 1050 g/mol. The molecule has 20 atom stereocenters. The zero-order valence-corrected chi connectivity index (χ0v) is 43.4. The van der Waals surface area contributed by atoms with Crippen molar-refractivity contribution in [1.29, 1.82) is 0 Å². The Balaban J connectivity index is 1.16. The van der Waals surface area contributed by atoms with E-state index in [1.807, 2.05) is 4.90 Å². The van der Waals surface area contributed by atoms with Crippen LogP contribution in [0.2, 0.25) is 0 Å². The first-order chi connectivity index (χ1) is 34.7. The summed E-state index contributed by atoms with van der Waals surface area (Å²) in [6.45, 7) is 9.61. The molecule has 0 saturated carbocycles. The molecule has 0 aromatic carbocycles. The number of carbonyl (C=O) groups is 1. The predicted molar refractivity (Wildman–Crippen MR) is 247 cm³/mol. The Labute approximate surface area is 424 Å². The van der Waals surface area contributed by atoms with Crippen LogP contribution in [-0.2, 0) is 87.8 Å². The molecule has 4 fully saturated rings. The Kier molecular flexibility index (Phi) is 21.6. The zero-order chi connectivity index (χ0) is 53.3. The van der Waals surface area contributed by atoms with Crippen molar-refractivity contribution in [1.82, 2.24) is 40.2 Å². The summed E-state index contributed by atoms with van der Waals surface area (Å²) < 4.78 is 78.3. The molecule has 2 aromatic rings. The van der Waals surface area contributed by atoms with Crippen molar-refractivity contribution in [2.24, 2.45) is 0 Å². The van der Waals surface area contributed by atoms with Gasteiger partial charge >= 0.3 is 6.09 Å². The molecule has 0 spiro atoms. The Hall–Kier alpha value is -3.21. The second-order valence-electron chi connectivity index (χ2n) is 19.7. The summed E-state index contributed by atoms with van der Waals surface area (Å²) in [6.07, 6.45) is -18.6. The molecule has 73 heavy (non-hydrogen) atoms. The summed E-state index contributed by atoms with van der Waals surface area (Å²) in [5.74, 6) is 0. The minimum absolute atomic E-state index is 0.0392. The third-order valence-corrected chi connectivity index (χ3v) is 13.2. The maximum Gasteiger partial charge on any atom is 0.407 e. The van der Waals surface area contributed by atoms with Gasteiger partial charge in [0, 0.05) is 81.2 Å². The van der Waals surface area contributed by atoms with Crippen molar-refractivity contribution in [2.75, 3.05) is 69.0 Å². The Morgan fingerprint density at radius 2 is 1.04 bits per heavy atom. The fourth-order valence-corrected chi connectivity index (χ4v) is 9.64. The summed E-state index contributed by atoms with van der Waals surface area (Å²) in [7, 11) is 8.48. The lowest BCUT2D eigenvalue weighted by atomic mass is 9.94. The summed E-state index contributed by atoms with van der Waals surface area (Å²) in [4.78, 5) is 14.6. The Morgan fingerprint density at radius 3 is 1.52 bits per heavy atom. The number of aromatic nitrogens is 6. The Morgan fingerprint density at radius 1 is 0.603 bits per heavy atom. The molecule has 7 N–H and O–H groups in total. The molecule has 0 bridgehead atoms. The maximum atomic E-state index is 12.6. The second kappa shape index (κ2) is 26.7. The number of methoxy groups -OCH3 is 6. The topological polar surface area (TPSA) is 335 Å². The molecule has 4 saturated heterocycles. The quantitative estimate of drug-likeness (QED) is 0.0574. The normalized spacial score (nSPS) is 37.4. The van der Waals surface area contributed by atoms with E-state index in [1.165, 1.54) is 52.0 Å². The SMILES string of the molecule is COCC1O[C@@H](O[C@@H]2C(Cn3cc(CN(CCNC(=O)OC(C)(C)C)Cc4cn(CC5O[C@@H](O[C@@H]6C(COC)O[C@H](C)C(OC)[C@H]6O)C(OC)[C@@H](O)[C@@H]5O)nn4)nn3)O[C@H](C)C(OC)[C@H]2O)C(OC)[C@@H](O)[C@@H]1O. The van der Waals surface area contributed by atoms with Crippen LogP contribution in [0.25, 0.3) is 0 Å². The summed E-state index contributed by atoms with van der Waals surface area (Å²) in [6, 6.07) is 0. The highest BCUT2D eigenvalue weighted by atomic mass is 16.7. The van der Waals surface area contributed by atoms with Crippen LogP contribution >= 0.6 is 0 Å². The minimum atomic E-state index is -1.47. The number of hydrogen-bond donors (Lipinski definition) is 7. The van der Waals surface area contributed by atoms with Crippen molar-refractivity contribution < 1.29 is 97.0 Å². The maximum absolute atomic E-state index is 12.6. The van der Waals surface area contributed by atoms with E-state index in [4.69, 9.17) is 61.6 Å². The zero-order valence-electron chi connectivity index (χ0n) is 43.4. The van der Waals surface area contributed by atoms with Gasteiger partial charge in [-0.2, -0.15) is 0 Å². The van der Waals surface area contributed by atoms with Gasteiger partial charge in [-0.15, -0.1) is 10.2 Å². The van der Waals surface area contributed by atoms with Crippen LogP contribution in [0.3, 0.4) is 0 Å². The lowest BCUT2D eigenvalue weighted by Gasteiger charge is -2.47. The molecule has 0 aliphatic carbocycles. The summed E-state index contributed by atoms with van der Waals surface area (Å²) >= 11 is 0. The van der Waals surface area contributed by atoms with Crippen LogP contribution in [0.15, 0.2) is 12.4 Å². The first kappa shape index (κ1) is 59.0. The molecule has 28 heteroatoms. The van der Waals surface area contributed by atoms with E-state index >= 15 is 0 Å². The first-order valence-electron chi connectivity index (χ1n) is 24.3. The van der Waals surface area contributed by atoms with Crippen LogP contribution in [-0.4, -0.2) is 269 Å². The number of hydrogen-bond acceptors (Lipinski definition) is 25. The van der Waals surface area contributed by atoms with Crippen molar-refractivity contribution in [3.05, 3.63) is 23.8 Å². The molecule has 4 aliphatic rings. The van der Waals surface area contributed by atoms with Gasteiger partial charge in [-0.3, -0.25) is 4.90 Å². The van der Waals surface area contributed by atoms with Gasteiger partial charge in [-0.1, -0.05) is 10.4 Å². The van der Waals surface area contributed by atoms with Crippen molar-refractivity contribution >= 4 is 6.09 Å². The van der Waals surface area contributed by atoms with Crippen LogP contribution in [0.1, 0.15) is 46.0 Å². The van der Waals surface area contributed by atoms with Crippen molar-refractivity contribution in [3.63, 3.8) is 0 Å². The Bertz CT molecular complexity index is 1960. The largest absolute Gasteiger partial charge is 0.444 e. The van der Waals surface area contributed by atoms with E-state index in [2.05, 4.69) is 25.9 Å². The molecule has 1 amide bonds. The third-order valence-electron chi connectivity index (χ3n) is 13.2. The number of carbonyl (C=O) groups excluding carboxylic acids is 1. The fourth-order valence-electron chi connectivity index (χ4n) is 9.64. The van der Waals surface area contributed by atoms with E-state index in [0.717, 1.165) is 0 Å². The van der Waals surface area contributed by atoms with E-state index in [-0.39, 0.29) is 52.5 Å². The van der Waals surface area contributed by atoms with Gasteiger partial charge in [-0.05, 0) is 34.6 Å². The highest BCUT2D eigenvalue weighted by molar-refractivity contribution is 5.67. The lowest BCUT2D eigenvalue weighted by Crippen LogP contribution is -2.64. The van der Waals surface area contributed by atoms with Gasteiger partial charge in [0.15, 0.2) is 12.6 Å². The van der Waals surface area contributed by atoms with E-state index < -0.39 is 134 Å². The third kappa shape index (κ3) is 14.8. The van der Waals surface area contributed by atoms with Crippen molar-refractivity contribution in [3.8, 4) is 0 Å². The van der Waals surface area contributed by atoms with Gasteiger partial charge in [0.1, 0.15) is 103 Å². The van der Waals surface area contributed by atoms with Crippen molar-refractivity contribution in [2.45, 2.75) is 189 Å². The molecular formula is C45H78N8O20. The molecule has 4 aliphatic heterocycles. The molecule has 28 nitrogen and oxygen atoms in total. The van der Waals surface area contributed by atoms with E-state index in [0.29, 0.717) is 11.4 Å². The van der Waals surface area contributed by atoms with Gasteiger partial charge in [0.2, 0.25) is 0 Å². The number of ether oxygens (including phenoxy) is 13. The molecule has 2 aromatic heterocycles. The highest BCUT2D eigenvalue weighted by Gasteiger charge is 2.53. The molecular weight excluding hydrogens is 973 g/mol. The number of aliphatic hydroxyl groups is 6. The standard InChI is InChI=1S/C45H78N8O20/c1-22-36(63-8)34(58)38(71-43-41(66-11)33(57)31(55)28(70-43)20-61-6)27(67-22)19-53-17-25(48-50-53)15-51(13-12-46-44(60)73-45(3,4)5)14-24-16-52(49-47-24)18-26-30(54)32(56)40(65-10)42(69-26)72-39-29(21-62-7)68-23(2)37(64-9)35(39)59/h16-17,22-23,26-43,54-59H,12-15,18-21H2,1-11H3,(H,46,60)/t22-,23-,26?,27?,28?,29?,30-,31-,32+,33+,34-,35-,36?,37?,38-,39-,40?,41?,42+,43+/m1/s1. The summed E-state index contributed by atoms with van der Waals surface area (Å²) in [5, 5.41) is 87.2. The molecule has 8 unspecified atom stereocenters. The van der Waals surface area contributed by atoms with Crippen LogP contribution in [0, 0.1) is 0 Å². The fraction of sp³-hybridized carbons (Fsp3) is 0.889. The van der Waals surface area contributed by atoms with Crippen LogP contribution in [0.4, 0.5) is 4.79 Å². The van der Waals surface area contributed by atoms with E-state index in [9.17, 15) is 35.4 Å². The summed E-state index contributed by atoms with van der Waals surface area (Å²) in [5.41, 5.74) is 0.274. The van der Waals surface area contributed by atoms with Gasteiger partial charge in [0.25, 0.3) is 0 Å². The second-order valence-corrected chi connectivity index (χ2v) is 19.7. The predicted octanol–water partition coefficient (Wildman–Crippen LogP) is -3.29. The number of rotatable bonds is 23. The number of amides is 1.